The normalized spacial score (nSPS) is 17.2. The summed E-state index contributed by atoms with van der Waals surface area (Å²) in [5.41, 5.74) is -0.679. The molecule has 34 heavy (non-hydrogen) atoms. The summed E-state index contributed by atoms with van der Waals surface area (Å²) in [7, 11) is -3.43. The van der Waals surface area contributed by atoms with Crippen LogP contribution in [0.5, 0.6) is 0 Å². The first-order chi connectivity index (χ1) is 16.0. The molecule has 0 aliphatic carbocycles. The Labute approximate surface area is 196 Å². The molecule has 0 spiro atoms. The van der Waals surface area contributed by atoms with Crippen molar-refractivity contribution in [3.05, 3.63) is 59.7 Å². The number of amides is 2. The molecule has 1 atom stereocenters. The summed E-state index contributed by atoms with van der Waals surface area (Å²) < 4.78 is 65.0. The molecule has 1 saturated heterocycles. The van der Waals surface area contributed by atoms with Gasteiger partial charge in [0.15, 0.2) is 0 Å². The number of halogens is 3. The monoisotopic (exact) mass is 497 g/mol. The predicted molar refractivity (Wildman–Crippen MR) is 123 cm³/mol. The van der Waals surface area contributed by atoms with Gasteiger partial charge < -0.3 is 10.6 Å². The molecule has 0 aromatic heterocycles. The van der Waals surface area contributed by atoms with Gasteiger partial charge in [0.25, 0.3) is 5.91 Å². The number of carbonyl (C=O) groups is 2. The molecule has 11 heteroatoms. The molecule has 2 aromatic carbocycles. The van der Waals surface area contributed by atoms with Gasteiger partial charge in [-0.05, 0) is 49.6 Å². The van der Waals surface area contributed by atoms with E-state index in [0.717, 1.165) is 12.1 Å². The number of sulfonamides is 1. The molecule has 1 aliphatic rings. The van der Waals surface area contributed by atoms with Crippen LogP contribution in [0, 0.1) is 5.92 Å². The number of alkyl halides is 3. The fraction of sp³-hybridized carbons (Fsp3) is 0.391. The second kappa shape index (κ2) is 10.6. The van der Waals surface area contributed by atoms with Gasteiger partial charge in [-0.25, -0.2) is 12.7 Å². The van der Waals surface area contributed by atoms with Crippen molar-refractivity contribution in [2.75, 3.05) is 29.5 Å². The fourth-order valence-corrected chi connectivity index (χ4v) is 5.38. The lowest BCUT2D eigenvalue weighted by molar-refractivity contribution is -0.137. The Morgan fingerprint density at radius 3 is 2.53 bits per heavy atom. The topological polar surface area (TPSA) is 95.6 Å². The van der Waals surface area contributed by atoms with Gasteiger partial charge in [0.1, 0.15) is 0 Å². The Balaban J connectivity index is 1.73. The molecular formula is C23H26F3N3O4S. The van der Waals surface area contributed by atoms with E-state index in [0.29, 0.717) is 25.8 Å². The highest BCUT2D eigenvalue weighted by Gasteiger charge is 2.33. The Morgan fingerprint density at radius 1 is 1.09 bits per heavy atom. The number of piperidine rings is 1. The molecule has 1 unspecified atom stereocenters. The third-order valence-corrected chi connectivity index (χ3v) is 7.53. The van der Waals surface area contributed by atoms with E-state index in [1.54, 1.807) is 19.1 Å². The van der Waals surface area contributed by atoms with E-state index in [9.17, 15) is 31.2 Å². The molecule has 184 valence electrons. The zero-order valence-electron chi connectivity index (χ0n) is 18.6. The van der Waals surface area contributed by atoms with Crippen LogP contribution >= 0.6 is 0 Å². The van der Waals surface area contributed by atoms with E-state index >= 15 is 0 Å². The maximum atomic E-state index is 13.0. The van der Waals surface area contributed by atoms with Gasteiger partial charge in [0.05, 0.1) is 28.5 Å². The molecule has 1 aliphatic heterocycles. The summed E-state index contributed by atoms with van der Waals surface area (Å²) in [5.74, 6) is -1.68. The second-order valence-electron chi connectivity index (χ2n) is 8.08. The summed E-state index contributed by atoms with van der Waals surface area (Å²) in [5, 5.41) is 5.11. The Morgan fingerprint density at radius 2 is 1.82 bits per heavy atom. The predicted octanol–water partition coefficient (Wildman–Crippen LogP) is 4.35. The number of carbonyl (C=O) groups excluding carboxylic acids is 2. The van der Waals surface area contributed by atoms with E-state index in [4.69, 9.17) is 0 Å². The van der Waals surface area contributed by atoms with Crippen LogP contribution in [-0.2, 0) is 21.0 Å². The van der Waals surface area contributed by atoms with Crippen LogP contribution in [0.1, 0.15) is 42.1 Å². The van der Waals surface area contributed by atoms with Gasteiger partial charge in [0, 0.05) is 18.8 Å². The first kappa shape index (κ1) is 25.7. The smallest absolute Gasteiger partial charge is 0.325 e. The lowest BCUT2D eigenvalue weighted by Gasteiger charge is -2.31. The van der Waals surface area contributed by atoms with E-state index < -0.39 is 39.5 Å². The van der Waals surface area contributed by atoms with Crippen molar-refractivity contribution < 1.29 is 31.2 Å². The fourth-order valence-electron chi connectivity index (χ4n) is 3.79. The number of rotatable bonds is 7. The molecule has 7 nitrogen and oxygen atoms in total. The number of hydrogen-bond donors (Lipinski definition) is 2. The van der Waals surface area contributed by atoms with Gasteiger partial charge in [-0.1, -0.05) is 25.1 Å². The third-order valence-electron chi connectivity index (χ3n) is 5.49. The number of nitrogens with zero attached hydrogens (tertiary/aromatic N) is 1. The van der Waals surface area contributed by atoms with E-state index in [1.807, 2.05) is 0 Å². The maximum Gasteiger partial charge on any atom is 0.416 e. The molecular weight excluding hydrogens is 471 g/mol. The van der Waals surface area contributed by atoms with Gasteiger partial charge in [-0.3, -0.25) is 9.59 Å². The average Bonchev–Trinajstić information content (AvgIpc) is 2.79. The molecule has 3 rings (SSSR count). The van der Waals surface area contributed by atoms with Crippen molar-refractivity contribution in [3.63, 3.8) is 0 Å². The average molecular weight is 498 g/mol. The molecule has 1 heterocycles. The highest BCUT2D eigenvalue weighted by atomic mass is 32.2. The van der Waals surface area contributed by atoms with Crippen molar-refractivity contribution >= 4 is 33.2 Å². The van der Waals surface area contributed by atoms with Crippen molar-refractivity contribution in [2.45, 2.75) is 32.4 Å². The van der Waals surface area contributed by atoms with Gasteiger partial charge in [-0.2, -0.15) is 13.2 Å². The SMILES string of the molecule is CCCS(=O)(=O)N1CCCC(C(=O)Nc2ccccc2C(=O)Nc2cccc(C(F)(F)F)c2)C1. The largest absolute Gasteiger partial charge is 0.416 e. The van der Waals surface area contributed by atoms with Crippen LogP contribution in [0.3, 0.4) is 0 Å². The first-order valence-corrected chi connectivity index (χ1v) is 12.5. The number of benzene rings is 2. The maximum absolute atomic E-state index is 13.0. The lowest BCUT2D eigenvalue weighted by Crippen LogP contribution is -2.44. The van der Waals surface area contributed by atoms with Crippen molar-refractivity contribution in [2.24, 2.45) is 5.92 Å². The number of anilines is 2. The molecule has 1 fully saturated rings. The minimum Gasteiger partial charge on any atom is -0.325 e. The van der Waals surface area contributed by atoms with E-state index in [1.165, 1.54) is 28.6 Å². The van der Waals surface area contributed by atoms with Crippen LogP contribution in [0.25, 0.3) is 0 Å². The van der Waals surface area contributed by atoms with E-state index in [-0.39, 0.29) is 29.2 Å². The zero-order valence-corrected chi connectivity index (χ0v) is 19.4. The summed E-state index contributed by atoms with van der Waals surface area (Å²) in [6.45, 7) is 2.20. The van der Waals surface area contributed by atoms with Gasteiger partial charge in [-0.15, -0.1) is 0 Å². The standard InChI is InChI=1S/C23H26F3N3O4S/c1-2-13-34(32,33)29-12-6-7-16(15-29)21(30)28-20-11-4-3-10-19(20)22(31)27-18-9-5-8-17(14-18)23(24,25)26/h3-5,8-11,14,16H,2,6-7,12-13,15H2,1H3,(H,27,31)(H,28,30). The minimum absolute atomic E-state index is 0.0138. The number of para-hydroxylation sites is 1. The van der Waals surface area contributed by atoms with Crippen LogP contribution in [0.15, 0.2) is 48.5 Å². The first-order valence-electron chi connectivity index (χ1n) is 10.9. The van der Waals surface area contributed by atoms with E-state index in [2.05, 4.69) is 10.6 Å². The Kier molecular flexibility index (Phi) is 7.98. The molecule has 0 radical (unpaired) electrons. The Hall–Kier alpha value is -2.92. The molecule has 2 amide bonds. The number of hydrogen-bond acceptors (Lipinski definition) is 4. The summed E-state index contributed by atoms with van der Waals surface area (Å²) in [6, 6.07) is 10.4. The van der Waals surface area contributed by atoms with Crippen LogP contribution in [-0.4, -0.2) is 43.4 Å². The quantitative estimate of drug-likeness (QED) is 0.595. The van der Waals surface area contributed by atoms with Crippen LogP contribution < -0.4 is 10.6 Å². The molecule has 2 N–H and O–H groups in total. The molecule has 0 bridgehead atoms. The van der Waals surface area contributed by atoms with Crippen molar-refractivity contribution in [1.82, 2.24) is 4.31 Å². The molecule has 2 aromatic rings. The van der Waals surface area contributed by atoms with Crippen molar-refractivity contribution in [1.29, 1.82) is 0 Å². The summed E-state index contributed by atoms with van der Waals surface area (Å²) in [6.07, 6.45) is -3.03. The second-order valence-corrected chi connectivity index (χ2v) is 10.2. The summed E-state index contributed by atoms with van der Waals surface area (Å²) in [4.78, 5) is 25.7. The van der Waals surface area contributed by atoms with Gasteiger partial charge in [0.2, 0.25) is 15.9 Å². The minimum atomic E-state index is -4.55. The highest BCUT2D eigenvalue weighted by Crippen LogP contribution is 2.31. The van der Waals surface area contributed by atoms with Crippen LogP contribution in [0.4, 0.5) is 24.5 Å². The number of nitrogens with one attached hydrogen (secondary N) is 2. The van der Waals surface area contributed by atoms with Crippen LogP contribution in [0.2, 0.25) is 0 Å². The van der Waals surface area contributed by atoms with Crippen molar-refractivity contribution in [3.8, 4) is 0 Å². The third kappa shape index (κ3) is 6.35. The Bertz CT molecular complexity index is 1150. The summed E-state index contributed by atoms with van der Waals surface area (Å²) >= 11 is 0. The lowest BCUT2D eigenvalue weighted by atomic mass is 9.98. The highest BCUT2D eigenvalue weighted by molar-refractivity contribution is 7.89. The zero-order chi connectivity index (χ0) is 24.9. The van der Waals surface area contributed by atoms with Gasteiger partial charge >= 0.3 is 6.18 Å². The molecule has 0 saturated carbocycles.